The van der Waals surface area contributed by atoms with Gasteiger partial charge in [0.25, 0.3) is 5.91 Å². The van der Waals surface area contributed by atoms with Crippen molar-refractivity contribution in [3.8, 4) is 5.82 Å². The van der Waals surface area contributed by atoms with Crippen LogP contribution in [0, 0.1) is 5.92 Å². The molecule has 1 fully saturated rings. The van der Waals surface area contributed by atoms with Crippen LogP contribution in [0.5, 0.6) is 0 Å². The summed E-state index contributed by atoms with van der Waals surface area (Å²) in [6.45, 7) is 0.482. The molecule has 2 heterocycles. The van der Waals surface area contributed by atoms with E-state index in [1.807, 2.05) is 0 Å². The molecule has 1 aliphatic carbocycles. The summed E-state index contributed by atoms with van der Waals surface area (Å²) in [4.78, 5) is 20.8. The molecule has 1 aliphatic rings. The van der Waals surface area contributed by atoms with Crippen molar-refractivity contribution in [3.05, 3.63) is 42.6 Å². The highest BCUT2D eigenvalue weighted by Crippen LogP contribution is 2.26. The van der Waals surface area contributed by atoms with E-state index in [4.69, 9.17) is 5.73 Å². The molecule has 0 radical (unpaired) electrons. The second-order valence-electron chi connectivity index (χ2n) is 6.09. The zero-order chi connectivity index (χ0) is 16.1. The van der Waals surface area contributed by atoms with Crippen molar-refractivity contribution in [3.63, 3.8) is 0 Å². The van der Waals surface area contributed by atoms with E-state index < -0.39 is 0 Å². The van der Waals surface area contributed by atoms with Gasteiger partial charge in [-0.1, -0.05) is 19.3 Å². The molecule has 0 saturated heterocycles. The number of nitrogens with one attached hydrogen (secondary N) is 1. The van der Waals surface area contributed by atoms with Crippen LogP contribution in [0.15, 0.2) is 37.1 Å². The fraction of sp³-hybridized carbons (Fsp3) is 0.471. The summed E-state index contributed by atoms with van der Waals surface area (Å²) < 4.78 is 1.78. The van der Waals surface area contributed by atoms with Gasteiger partial charge in [-0.25, -0.2) is 9.97 Å². The topological polar surface area (TPSA) is 85.8 Å². The molecule has 2 aromatic rings. The highest BCUT2D eigenvalue weighted by Gasteiger charge is 2.24. The Morgan fingerprint density at radius 3 is 2.87 bits per heavy atom. The molecule has 23 heavy (non-hydrogen) atoms. The molecule has 122 valence electrons. The number of carbonyl (C=O) groups excluding carboxylic acids is 1. The Bertz CT molecular complexity index is 634. The number of carbonyl (C=O) groups is 1. The Labute approximate surface area is 136 Å². The molecule has 1 atom stereocenters. The third kappa shape index (κ3) is 3.76. The smallest absolute Gasteiger partial charge is 0.251 e. The van der Waals surface area contributed by atoms with Gasteiger partial charge in [0.2, 0.25) is 0 Å². The Morgan fingerprint density at radius 1 is 1.35 bits per heavy atom. The normalized spacial score (nSPS) is 16.9. The Hall–Kier alpha value is -2.21. The number of hydrogen-bond donors (Lipinski definition) is 2. The first kappa shape index (κ1) is 15.7. The predicted molar refractivity (Wildman–Crippen MR) is 88.2 cm³/mol. The van der Waals surface area contributed by atoms with Crippen LogP contribution < -0.4 is 11.1 Å². The summed E-state index contributed by atoms with van der Waals surface area (Å²) >= 11 is 0. The van der Waals surface area contributed by atoms with Crippen molar-refractivity contribution in [2.45, 2.75) is 38.1 Å². The van der Waals surface area contributed by atoms with Crippen LogP contribution in [-0.2, 0) is 0 Å². The summed E-state index contributed by atoms with van der Waals surface area (Å²) in [6.07, 6.45) is 12.8. The predicted octanol–water partition coefficient (Wildman–Crippen LogP) is 1.90. The maximum absolute atomic E-state index is 12.6. The second kappa shape index (κ2) is 7.37. The molecule has 0 spiro atoms. The molecular formula is C17H23N5O. The van der Waals surface area contributed by atoms with Crippen LogP contribution in [0.2, 0.25) is 0 Å². The summed E-state index contributed by atoms with van der Waals surface area (Å²) in [5.41, 5.74) is 6.49. The number of imidazole rings is 1. The fourth-order valence-corrected chi connectivity index (χ4v) is 3.25. The number of amides is 1. The Kier molecular flexibility index (Phi) is 5.02. The van der Waals surface area contributed by atoms with E-state index in [9.17, 15) is 4.79 Å². The van der Waals surface area contributed by atoms with E-state index in [1.54, 1.807) is 41.6 Å². The largest absolute Gasteiger partial charge is 0.348 e. The van der Waals surface area contributed by atoms with E-state index in [-0.39, 0.29) is 11.9 Å². The lowest BCUT2D eigenvalue weighted by molar-refractivity contribution is 0.0915. The summed E-state index contributed by atoms with van der Waals surface area (Å²) in [5.74, 6) is 1.08. The lowest BCUT2D eigenvalue weighted by atomic mass is 9.84. The third-order valence-corrected chi connectivity index (χ3v) is 4.57. The molecule has 3 N–H and O–H groups in total. The number of pyridine rings is 1. The lowest BCUT2D eigenvalue weighted by Gasteiger charge is -2.30. The van der Waals surface area contributed by atoms with Gasteiger partial charge in [0.1, 0.15) is 12.1 Å². The molecule has 1 amide bonds. The first-order valence-electron chi connectivity index (χ1n) is 8.23. The van der Waals surface area contributed by atoms with Gasteiger partial charge in [-0.05, 0) is 30.9 Å². The molecule has 3 rings (SSSR count). The van der Waals surface area contributed by atoms with Gasteiger partial charge in [0.15, 0.2) is 0 Å². The molecular weight excluding hydrogens is 290 g/mol. The van der Waals surface area contributed by atoms with Crippen molar-refractivity contribution in [2.75, 3.05) is 6.54 Å². The number of aromatic nitrogens is 3. The SMILES string of the molecule is NCC(NC(=O)c1ccnc(-n2ccnc2)c1)C1CCCCC1. The first-order chi connectivity index (χ1) is 11.3. The Balaban J connectivity index is 1.71. The van der Waals surface area contributed by atoms with Crippen molar-refractivity contribution in [1.82, 2.24) is 19.9 Å². The van der Waals surface area contributed by atoms with E-state index in [0.29, 0.717) is 23.8 Å². The maximum atomic E-state index is 12.6. The van der Waals surface area contributed by atoms with Gasteiger partial charge in [-0.3, -0.25) is 9.36 Å². The van der Waals surface area contributed by atoms with Gasteiger partial charge in [0.05, 0.1) is 0 Å². The minimum absolute atomic E-state index is 0.0488. The molecule has 2 aromatic heterocycles. The van der Waals surface area contributed by atoms with Crippen molar-refractivity contribution in [1.29, 1.82) is 0 Å². The number of rotatable bonds is 5. The molecule has 0 aromatic carbocycles. The average Bonchev–Trinajstić information content (AvgIpc) is 3.15. The van der Waals surface area contributed by atoms with Gasteiger partial charge in [-0.2, -0.15) is 0 Å². The van der Waals surface area contributed by atoms with Gasteiger partial charge >= 0.3 is 0 Å². The Morgan fingerprint density at radius 2 is 2.17 bits per heavy atom. The molecule has 6 heteroatoms. The van der Waals surface area contributed by atoms with Crippen LogP contribution >= 0.6 is 0 Å². The van der Waals surface area contributed by atoms with Gasteiger partial charge in [0, 0.05) is 36.7 Å². The van der Waals surface area contributed by atoms with E-state index >= 15 is 0 Å². The standard InChI is InChI=1S/C17H23N5O/c18-11-15(13-4-2-1-3-5-13)21-17(23)14-6-7-20-16(10-14)22-9-8-19-12-22/h6-10,12-13,15H,1-5,11,18H2,(H,21,23). The molecule has 6 nitrogen and oxygen atoms in total. The van der Waals surface area contributed by atoms with Crippen LogP contribution in [0.1, 0.15) is 42.5 Å². The van der Waals surface area contributed by atoms with E-state index in [1.165, 1.54) is 19.3 Å². The van der Waals surface area contributed by atoms with E-state index in [0.717, 1.165) is 12.8 Å². The van der Waals surface area contributed by atoms with Crippen LogP contribution in [0.4, 0.5) is 0 Å². The van der Waals surface area contributed by atoms with Crippen LogP contribution in [-0.4, -0.2) is 33.0 Å². The monoisotopic (exact) mass is 313 g/mol. The van der Waals surface area contributed by atoms with Gasteiger partial charge < -0.3 is 11.1 Å². The van der Waals surface area contributed by atoms with Crippen molar-refractivity contribution < 1.29 is 4.79 Å². The fourth-order valence-electron chi connectivity index (χ4n) is 3.25. The quantitative estimate of drug-likeness (QED) is 0.883. The van der Waals surface area contributed by atoms with Gasteiger partial charge in [-0.15, -0.1) is 0 Å². The molecule has 1 saturated carbocycles. The molecule has 0 aliphatic heterocycles. The number of nitrogens with two attached hydrogens (primary N) is 1. The highest BCUT2D eigenvalue weighted by molar-refractivity contribution is 5.94. The highest BCUT2D eigenvalue weighted by atomic mass is 16.1. The number of nitrogens with zero attached hydrogens (tertiary/aromatic N) is 3. The minimum atomic E-state index is -0.0882. The molecule has 0 bridgehead atoms. The second-order valence-corrected chi connectivity index (χ2v) is 6.09. The summed E-state index contributed by atoms with van der Waals surface area (Å²) in [6, 6.07) is 3.54. The summed E-state index contributed by atoms with van der Waals surface area (Å²) in [7, 11) is 0. The maximum Gasteiger partial charge on any atom is 0.251 e. The third-order valence-electron chi connectivity index (χ3n) is 4.57. The first-order valence-corrected chi connectivity index (χ1v) is 8.23. The van der Waals surface area contributed by atoms with Crippen LogP contribution in [0.3, 0.4) is 0 Å². The summed E-state index contributed by atoms with van der Waals surface area (Å²) in [5, 5.41) is 3.11. The van der Waals surface area contributed by atoms with E-state index in [2.05, 4.69) is 15.3 Å². The minimum Gasteiger partial charge on any atom is -0.348 e. The molecule has 1 unspecified atom stereocenters. The van der Waals surface area contributed by atoms with Crippen molar-refractivity contribution in [2.24, 2.45) is 11.7 Å². The van der Waals surface area contributed by atoms with Crippen molar-refractivity contribution >= 4 is 5.91 Å². The number of hydrogen-bond acceptors (Lipinski definition) is 4. The zero-order valence-electron chi connectivity index (χ0n) is 13.2. The lowest BCUT2D eigenvalue weighted by Crippen LogP contribution is -2.45. The average molecular weight is 313 g/mol. The van der Waals surface area contributed by atoms with Crippen LogP contribution in [0.25, 0.3) is 5.82 Å². The zero-order valence-corrected chi connectivity index (χ0v) is 13.2.